The lowest BCUT2D eigenvalue weighted by atomic mass is 9.90. The maximum atomic E-state index is 12.9. The largest absolute Gasteiger partial charge is 0.379 e. The van der Waals surface area contributed by atoms with Gasteiger partial charge in [-0.2, -0.15) is 0 Å². The van der Waals surface area contributed by atoms with Crippen LogP contribution in [0.1, 0.15) is 12.8 Å². The Morgan fingerprint density at radius 1 is 0.963 bits per heavy atom. The first-order valence-electron chi connectivity index (χ1n) is 9.28. The molecule has 0 bridgehead atoms. The van der Waals surface area contributed by atoms with Gasteiger partial charge in [0, 0.05) is 46.4 Å². The SMILES string of the molecule is COC1(C(=O)N2CCN(C(=O)CN3CCOCC3)CC2)CCNCC1.Cl.Cl. The standard InChI is InChI=1S/C17H30N4O4.2ClH/c1-24-17(2-4-18-5-3-17)16(23)21-8-6-20(7-9-21)15(22)14-19-10-12-25-13-11-19;;/h18H,2-14H2,1H3;2*1H. The summed E-state index contributed by atoms with van der Waals surface area (Å²) in [5, 5.41) is 3.28. The van der Waals surface area contributed by atoms with Gasteiger partial charge >= 0.3 is 0 Å². The Hall–Kier alpha value is -0.640. The van der Waals surface area contributed by atoms with Gasteiger partial charge in [0.05, 0.1) is 19.8 Å². The summed E-state index contributed by atoms with van der Waals surface area (Å²) in [7, 11) is 1.63. The molecule has 8 nitrogen and oxygen atoms in total. The van der Waals surface area contributed by atoms with Crippen LogP contribution in [0.2, 0.25) is 0 Å². The van der Waals surface area contributed by atoms with E-state index in [0.717, 1.165) is 26.2 Å². The molecule has 0 aliphatic carbocycles. The number of methoxy groups -OCH3 is 1. The number of halogens is 2. The summed E-state index contributed by atoms with van der Waals surface area (Å²) in [4.78, 5) is 31.3. The fourth-order valence-electron chi connectivity index (χ4n) is 3.83. The molecule has 3 rings (SSSR count). The van der Waals surface area contributed by atoms with Crippen molar-refractivity contribution in [3.05, 3.63) is 0 Å². The number of hydrogen-bond acceptors (Lipinski definition) is 6. The first-order valence-corrected chi connectivity index (χ1v) is 9.28. The summed E-state index contributed by atoms with van der Waals surface area (Å²) < 4.78 is 11.0. The second-order valence-corrected chi connectivity index (χ2v) is 7.01. The van der Waals surface area contributed by atoms with Crippen molar-refractivity contribution >= 4 is 36.6 Å². The molecule has 3 aliphatic rings. The normalized spacial score (nSPS) is 23.1. The van der Waals surface area contributed by atoms with E-state index < -0.39 is 5.60 Å². The van der Waals surface area contributed by atoms with Gasteiger partial charge < -0.3 is 24.6 Å². The minimum atomic E-state index is -0.689. The fraction of sp³-hybridized carbons (Fsp3) is 0.882. The molecule has 3 heterocycles. The van der Waals surface area contributed by atoms with Gasteiger partial charge in [-0.15, -0.1) is 24.8 Å². The first kappa shape index (κ1) is 24.4. The van der Waals surface area contributed by atoms with Gasteiger partial charge in [-0.05, 0) is 25.9 Å². The van der Waals surface area contributed by atoms with Gasteiger partial charge in [0.25, 0.3) is 5.91 Å². The van der Waals surface area contributed by atoms with E-state index in [4.69, 9.17) is 9.47 Å². The second-order valence-electron chi connectivity index (χ2n) is 7.01. The second kappa shape index (κ2) is 11.4. The van der Waals surface area contributed by atoms with Crippen LogP contribution in [0.15, 0.2) is 0 Å². The Morgan fingerprint density at radius 2 is 1.52 bits per heavy atom. The van der Waals surface area contributed by atoms with Crippen molar-refractivity contribution in [3.63, 3.8) is 0 Å². The molecule has 0 unspecified atom stereocenters. The van der Waals surface area contributed by atoms with Crippen molar-refractivity contribution in [1.82, 2.24) is 20.0 Å². The number of hydrogen-bond donors (Lipinski definition) is 1. The summed E-state index contributed by atoms with van der Waals surface area (Å²) in [6.45, 7) is 7.47. The Labute approximate surface area is 173 Å². The highest BCUT2D eigenvalue weighted by Gasteiger charge is 2.43. The maximum absolute atomic E-state index is 12.9. The minimum absolute atomic E-state index is 0. The van der Waals surface area contributed by atoms with Crippen molar-refractivity contribution in [1.29, 1.82) is 0 Å². The predicted octanol–water partition coefficient (Wildman–Crippen LogP) is -0.398. The van der Waals surface area contributed by atoms with Gasteiger partial charge in [0.2, 0.25) is 5.91 Å². The van der Waals surface area contributed by atoms with Crippen molar-refractivity contribution in [2.45, 2.75) is 18.4 Å². The molecule has 2 amide bonds. The minimum Gasteiger partial charge on any atom is -0.379 e. The molecule has 3 fully saturated rings. The molecule has 0 radical (unpaired) electrons. The number of nitrogens with one attached hydrogen (secondary N) is 1. The van der Waals surface area contributed by atoms with E-state index in [1.807, 2.05) is 9.80 Å². The number of piperazine rings is 1. The zero-order valence-corrected chi connectivity index (χ0v) is 17.6. The third-order valence-electron chi connectivity index (χ3n) is 5.57. The lowest BCUT2D eigenvalue weighted by Gasteiger charge is -2.42. The first-order chi connectivity index (χ1) is 12.1. The highest BCUT2D eigenvalue weighted by molar-refractivity contribution is 5.86. The highest BCUT2D eigenvalue weighted by atomic mass is 35.5. The molecule has 27 heavy (non-hydrogen) atoms. The molecule has 10 heteroatoms. The molecule has 0 spiro atoms. The number of nitrogens with zero attached hydrogens (tertiary/aromatic N) is 3. The summed E-state index contributed by atoms with van der Waals surface area (Å²) >= 11 is 0. The van der Waals surface area contributed by atoms with E-state index >= 15 is 0 Å². The molecule has 0 aromatic rings. The van der Waals surface area contributed by atoms with Crippen molar-refractivity contribution in [2.75, 3.05) is 79.2 Å². The van der Waals surface area contributed by atoms with Crippen LogP contribution in [-0.4, -0.2) is 111 Å². The van der Waals surface area contributed by atoms with Gasteiger partial charge in [0.1, 0.15) is 5.60 Å². The van der Waals surface area contributed by atoms with Crippen molar-refractivity contribution in [3.8, 4) is 0 Å². The van der Waals surface area contributed by atoms with Gasteiger partial charge in [-0.3, -0.25) is 14.5 Å². The van der Waals surface area contributed by atoms with E-state index in [-0.39, 0.29) is 36.6 Å². The third-order valence-corrected chi connectivity index (χ3v) is 5.57. The van der Waals surface area contributed by atoms with E-state index in [9.17, 15) is 9.59 Å². The zero-order chi connectivity index (χ0) is 17.7. The van der Waals surface area contributed by atoms with Crippen LogP contribution in [0, 0.1) is 0 Å². The topological polar surface area (TPSA) is 74.4 Å². The number of piperidine rings is 1. The lowest BCUT2D eigenvalue weighted by Crippen LogP contribution is -2.60. The third kappa shape index (κ3) is 5.92. The average molecular weight is 427 g/mol. The molecular weight excluding hydrogens is 395 g/mol. The van der Waals surface area contributed by atoms with E-state index in [1.165, 1.54) is 0 Å². The molecule has 3 saturated heterocycles. The molecule has 0 aromatic heterocycles. The van der Waals surface area contributed by atoms with Gasteiger partial charge in [-0.25, -0.2) is 0 Å². The van der Waals surface area contributed by atoms with E-state index in [1.54, 1.807) is 7.11 Å². The summed E-state index contributed by atoms with van der Waals surface area (Å²) in [5.74, 6) is 0.231. The quantitative estimate of drug-likeness (QED) is 0.659. The molecule has 0 aromatic carbocycles. The fourth-order valence-corrected chi connectivity index (χ4v) is 3.83. The van der Waals surface area contributed by atoms with E-state index in [2.05, 4.69) is 10.2 Å². The highest BCUT2D eigenvalue weighted by Crippen LogP contribution is 2.25. The van der Waals surface area contributed by atoms with Crippen LogP contribution in [0.3, 0.4) is 0 Å². The van der Waals surface area contributed by atoms with Gasteiger partial charge in [-0.1, -0.05) is 0 Å². The molecule has 3 aliphatic heterocycles. The van der Waals surface area contributed by atoms with E-state index in [0.29, 0.717) is 58.8 Å². The summed E-state index contributed by atoms with van der Waals surface area (Å²) in [5.41, 5.74) is -0.689. The van der Waals surface area contributed by atoms with Crippen LogP contribution in [0.4, 0.5) is 0 Å². The monoisotopic (exact) mass is 426 g/mol. The smallest absolute Gasteiger partial charge is 0.255 e. The average Bonchev–Trinajstić information content (AvgIpc) is 2.69. The number of rotatable bonds is 4. The number of ether oxygens (including phenoxy) is 2. The Balaban J connectivity index is 0.00000182. The Morgan fingerprint density at radius 3 is 2.07 bits per heavy atom. The Kier molecular flexibility index (Phi) is 10.3. The van der Waals surface area contributed by atoms with Crippen molar-refractivity contribution in [2.24, 2.45) is 0 Å². The van der Waals surface area contributed by atoms with Crippen LogP contribution < -0.4 is 5.32 Å². The number of carbonyl (C=O) groups is 2. The molecular formula is C17H32Cl2N4O4. The summed E-state index contributed by atoms with van der Waals surface area (Å²) in [6.07, 6.45) is 1.41. The van der Waals surface area contributed by atoms with Crippen molar-refractivity contribution < 1.29 is 19.1 Å². The number of amides is 2. The maximum Gasteiger partial charge on any atom is 0.255 e. The molecule has 0 saturated carbocycles. The molecule has 0 atom stereocenters. The zero-order valence-electron chi connectivity index (χ0n) is 16.0. The summed E-state index contributed by atoms with van der Waals surface area (Å²) in [6, 6.07) is 0. The number of carbonyl (C=O) groups excluding carboxylic acids is 2. The van der Waals surface area contributed by atoms with Gasteiger partial charge in [0.15, 0.2) is 0 Å². The number of morpholine rings is 1. The molecule has 1 N–H and O–H groups in total. The van der Waals surface area contributed by atoms with Crippen LogP contribution >= 0.6 is 24.8 Å². The Bertz CT molecular complexity index is 478. The molecule has 158 valence electrons. The van der Waals surface area contributed by atoms with Crippen LogP contribution in [0.25, 0.3) is 0 Å². The predicted molar refractivity (Wildman–Crippen MR) is 107 cm³/mol. The lowest BCUT2D eigenvalue weighted by molar-refractivity contribution is -0.161. The van der Waals surface area contributed by atoms with Crippen LogP contribution in [0.5, 0.6) is 0 Å². The van der Waals surface area contributed by atoms with Crippen LogP contribution in [-0.2, 0) is 19.1 Å².